The second-order valence-electron chi connectivity index (χ2n) is 8.48. The second kappa shape index (κ2) is 4.77. The third-order valence-electron chi connectivity index (χ3n) is 7.34. The number of ether oxygens (including phenoxy) is 1. The van der Waals surface area contributed by atoms with Crippen LogP contribution in [0.4, 0.5) is 0 Å². The third-order valence-corrected chi connectivity index (χ3v) is 7.34. The van der Waals surface area contributed by atoms with Crippen molar-refractivity contribution in [2.24, 2.45) is 0 Å². The molecule has 134 valence electrons. The molecule has 1 unspecified atom stereocenters. The fraction of sp³-hybridized carbons (Fsp3) is 0.650. The Labute approximate surface area is 148 Å². The van der Waals surface area contributed by atoms with Crippen LogP contribution in [-0.2, 0) is 16.6 Å². The van der Waals surface area contributed by atoms with Crippen molar-refractivity contribution in [2.75, 3.05) is 13.6 Å². The lowest BCUT2D eigenvalue weighted by atomic mass is 9.48. The molecule has 0 radical (unpaired) electrons. The van der Waals surface area contributed by atoms with E-state index in [1.165, 1.54) is 11.1 Å². The van der Waals surface area contributed by atoms with Gasteiger partial charge in [-0.15, -0.1) is 0 Å². The molecule has 1 amide bonds. The van der Waals surface area contributed by atoms with Crippen molar-refractivity contribution in [3.05, 3.63) is 28.8 Å². The molecule has 0 aromatic heterocycles. The maximum Gasteiger partial charge on any atom is 0.217 e. The van der Waals surface area contributed by atoms with Gasteiger partial charge in [0.05, 0.1) is 17.1 Å². The highest BCUT2D eigenvalue weighted by Crippen LogP contribution is 2.64. The molecule has 1 aromatic rings. The highest BCUT2D eigenvalue weighted by molar-refractivity contribution is 5.73. The SMILES string of the molecule is CC(=O)NC1CC[C@]2(O)[C@@H]3Cc4ccc(C)c5c4[C@]2(CCN3C)[C@@H]1O5. The maximum absolute atomic E-state index is 12.0. The Hall–Kier alpha value is -1.59. The first-order valence-corrected chi connectivity index (χ1v) is 9.38. The molecule has 4 aliphatic rings. The van der Waals surface area contributed by atoms with Gasteiger partial charge in [0.25, 0.3) is 0 Å². The Kier molecular flexibility index (Phi) is 2.99. The van der Waals surface area contributed by atoms with E-state index in [9.17, 15) is 9.90 Å². The van der Waals surface area contributed by atoms with Crippen LogP contribution in [0.2, 0.25) is 0 Å². The molecule has 25 heavy (non-hydrogen) atoms. The van der Waals surface area contributed by atoms with E-state index < -0.39 is 11.0 Å². The van der Waals surface area contributed by atoms with Gasteiger partial charge in [-0.3, -0.25) is 4.79 Å². The Balaban J connectivity index is 1.76. The van der Waals surface area contributed by atoms with Gasteiger partial charge < -0.3 is 20.1 Å². The first-order chi connectivity index (χ1) is 11.9. The summed E-state index contributed by atoms with van der Waals surface area (Å²) in [5.41, 5.74) is 2.49. The smallest absolute Gasteiger partial charge is 0.217 e. The molecule has 5 atom stereocenters. The van der Waals surface area contributed by atoms with Crippen molar-refractivity contribution in [1.29, 1.82) is 0 Å². The predicted molar refractivity (Wildman–Crippen MR) is 93.8 cm³/mol. The minimum Gasteiger partial charge on any atom is -0.487 e. The van der Waals surface area contributed by atoms with Gasteiger partial charge in [-0.2, -0.15) is 0 Å². The van der Waals surface area contributed by atoms with Crippen LogP contribution in [0.1, 0.15) is 42.9 Å². The summed E-state index contributed by atoms with van der Waals surface area (Å²) in [5.74, 6) is 0.935. The van der Waals surface area contributed by atoms with E-state index in [0.29, 0.717) is 6.42 Å². The fourth-order valence-electron chi connectivity index (χ4n) is 6.31. The Morgan fingerprint density at radius 3 is 2.96 bits per heavy atom. The van der Waals surface area contributed by atoms with Gasteiger partial charge in [-0.25, -0.2) is 0 Å². The summed E-state index contributed by atoms with van der Waals surface area (Å²) in [5, 5.41) is 15.1. The van der Waals surface area contributed by atoms with Gasteiger partial charge in [0.2, 0.25) is 5.91 Å². The molecule has 5 nitrogen and oxygen atoms in total. The number of aliphatic hydroxyl groups is 1. The average Bonchev–Trinajstić information content (AvgIpc) is 2.91. The summed E-state index contributed by atoms with van der Waals surface area (Å²) in [6, 6.07) is 4.43. The monoisotopic (exact) mass is 342 g/mol. The molecule has 5 heteroatoms. The largest absolute Gasteiger partial charge is 0.487 e. The lowest BCUT2D eigenvalue weighted by Gasteiger charge is -2.63. The molecule has 5 rings (SSSR count). The number of carbonyl (C=O) groups is 1. The van der Waals surface area contributed by atoms with E-state index >= 15 is 0 Å². The summed E-state index contributed by atoms with van der Waals surface area (Å²) in [7, 11) is 2.13. The number of likely N-dealkylation sites (N-methyl/N-ethyl adjacent to an activating group) is 1. The quantitative estimate of drug-likeness (QED) is 0.807. The van der Waals surface area contributed by atoms with E-state index in [0.717, 1.165) is 37.1 Å². The molecule has 2 aliphatic heterocycles. The van der Waals surface area contributed by atoms with Gasteiger partial charge in [-0.05, 0) is 57.3 Å². The molecular formula is C20H26N2O3. The second-order valence-corrected chi connectivity index (χ2v) is 8.48. The number of hydrogen-bond acceptors (Lipinski definition) is 4. The highest BCUT2D eigenvalue weighted by Gasteiger charge is 2.72. The molecule has 1 spiro atoms. The third kappa shape index (κ3) is 1.69. The molecule has 2 bridgehead atoms. The molecule has 1 saturated heterocycles. The first kappa shape index (κ1) is 15.6. The number of piperidine rings is 1. The van der Waals surface area contributed by atoms with E-state index in [-0.39, 0.29) is 24.1 Å². The number of amides is 1. The van der Waals surface area contributed by atoms with Crippen molar-refractivity contribution in [3.8, 4) is 5.75 Å². The minimum absolute atomic E-state index is 0.0244. The normalized spacial score (nSPS) is 41.0. The van der Waals surface area contributed by atoms with Gasteiger partial charge >= 0.3 is 0 Å². The van der Waals surface area contributed by atoms with Crippen molar-refractivity contribution < 1.29 is 14.6 Å². The number of nitrogens with zero attached hydrogens (tertiary/aromatic N) is 1. The standard InChI is InChI=1S/C20H26N2O3/c1-11-4-5-13-10-15-20(24)7-6-14(21-12(2)23)18-19(20,8-9-22(15)3)16(13)17(11)25-18/h4-5,14-15,18,24H,6-10H2,1-3H3,(H,21,23)/t14?,15-,18+,19+,20-/m0/s1. The molecule has 2 heterocycles. The number of benzene rings is 1. The fourth-order valence-corrected chi connectivity index (χ4v) is 6.31. The zero-order valence-corrected chi connectivity index (χ0v) is 15.1. The lowest BCUT2D eigenvalue weighted by molar-refractivity contribution is -0.187. The molecule has 1 saturated carbocycles. The Morgan fingerprint density at radius 1 is 1.40 bits per heavy atom. The van der Waals surface area contributed by atoms with E-state index in [1.54, 1.807) is 6.92 Å². The van der Waals surface area contributed by atoms with Crippen molar-refractivity contribution >= 4 is 5.91 Å². The Bertz CT molecular complexity index is 778. The van der Waals surface area contributed by atoms with Crippen molar-refractivity contribution in [3.63, 3.8) is 0 Å². The van der Waals surface area contributed by atoms with Crippen LogP contribution in [0.25, 0.3) is 0 Å². The summed E-state index contributed by atoms with van der Waals surface area (Å²) in [4.78, 5) is 14.1. The minimum atomic E-state index is -0.786. The number of carbonyl (C=O) groups excluding carboxylic acids is 1. The topological polar surface area (TPSA) is 61.8 Å². The first-order valence-electron chi connectivity index (χ1n) is 9.38. The maximum atomic E-state index is 12.0. The summed E-state index contributed by atoms with van der Waals surface area (Å²) in [6.07, 6.45) is 3.04. The summed E-state index contributed by atoms with van der Waals surface area (Å²) < 4.78 is 6.53. The molecular weight excluding hydrogens is 316 g/mol. The van der Waals surface area contributed by atoms with Crippen LogP contribution in [0.5, 0.6) is 5.75 Å². The number of aryl methyl sites for hydroxylation is 1. The van der Waals surface area contributed by atoms with Gasteiger partial charge in [0.15, 0.2) is 0 Å². The molecule has 1 aromatic carbocycles. The number of likely N-dealkylation sites (tertiary alicyclic amines) is 1. The average molecular weight is 342 g/mol. The molecule has 2 fully saturated rings. The lowest BCUT2D eigenvalue weighted by Crippen LogP contribution is -2.77. The van der Waals surface area contributed by atoms with E-state index in [1.807, 2.05) is 0 Å². The predicted octanol–water partition coefficient (Wildman–Crippen LogP) is 1.28. The summed E-state index contributed by atoms with van der Waals surface area (Å²) in [6.45, 7) is 4.60. The van der Waals surface area contributed by atoms with Crippen LogP contribution in [0, 0.1) is 6.92 Å². The number of nitrogens with one attached hydrogen (secondary N) is 1. The number of rotatable bonds is 1. The number of hydrogen-bond donors (Lipinski definition) is 2. The zero-order chi connectivity index (χ0) is 17.6. The van der Waals surface area contributed by atoms with Crippen LogP contribution >= 0.6 is 0 Å². The van der Waals surface area contributed by atoms with Gasteiger partial charge in [-0.1, -0.05) is 12.1 Å². The van der Waals surface area contributed by atoms with Crippen LogP contribution < -0.4 is 10.1 Å². The zero-order valence-electron chi connectivity index (χ0n) is 15.1. The molecule has 2 N–H and O–H groups in total. The van der Waals surface area contributed by atoms with Crippen LogP contribution in [0.3, 0.4) is 0 Å². The van der Waals surface area contributed by atoms with E-state index in [4.69, 9.17) is 4.74 Å². The highest BCUT2D eigenvalue weighted by atomic mass is 16.5. The van der Waals surface area contributed by atoms with Crippen LogP contribution in [-0.4, -0.2) is 53.3 Å². The van der Waals surface area contributed by atoms with E-state index in [2.05, 4.69) is 36.3 Å². The summed E-state index contributed by atoms with van der Waals surface area (Å²) >= 11 is 0. The molecule has 2 aliphatic carbocycles. The van der Waals surface area contributed by atoms with Crippen molar-refractivity contribution in [1.82, 2.24) is 10.2 Å². The van der Waals surface area contributed by atoms with Gasteiger partial charge in [0, 0.05) is 18.5 Å². The van der Waals surface area contributed by atoms with Crippen LogP contribution in [0.15, 0.2) is 12.1 Å². The Morgan fingerprint density at radius 2 is 2.20 bits per heavy atom. The van der Waals surface area contributed by atoms with Gasteiger partial charge in [0.1, 0.15) is 11.9 Å². The van der Waals surface area contributed by atoms with Crippen molar-refractivity contribution in [2.45, 2.75) is 68.7 Å².